The zero-order chi connectivity index (χ0) is 66.9. The van der Waals surface area contributed by atoms with Gasteiger partial charge in [0.15, 0.2) is 0 Å². The fourth-order valence-electron chi connectivity index (χ4n) is 4.47. The van der Waals surface area contributed by atoms with Crippen molar-refractivity contribution >= 4 is 106 Å². The highest BCUT2D eigenvalue weighted by Crippen LogP contribution is 2.33. The molecule has 4 amide bonds. The van der Waals surface area contributed by atoms with E-state index in [0.717, 1.165) is 55.7 Å². The number of ketones is 1. The number of hydrogen-bond acceptors (Lipinski definition) is 22. The molecule has 83 heavy (non-hydrogen) atoms. The number of carbonyl (C=O) groups excluding carboxylic acids is 9. The lowest BCUT2D eigenvalue weighted by molar-refractivity contribution is -0.159. The molecule has 0 bridgehead atoms. The molecule has 2 unspecified atom stereocenters. The third kappa shape index (κ3) is 73.6. The normalized spacial score (nSPS) is 15.4. The number of amides is 4. The van der Waals surface area contributed by atoms with Crippen molar-refractivity contribution in [3.8, 4) is 12.3 Å². The van der Waals surface area contributed by atoms with Gasteiger partial charge in [0.05, 0.1) is 50.7 Å². The quantitative estimate of drug-likeness (QED) is 0.0196. The number of rotatable bonds is 7. The minimum atomic E-state index is -0.562. The van der Waals surface area contributed by atoms with Crippen LogP contribution in [0.5, 0.6) is 0 Å². The van der Waals surface area contributed by atoms with E-state index >= 15 is 0 Å². The highest BCUT2D eigenvalue weighted by Gasteiger charge is 2.42. The highest BCUT2D eigenvalue weighted by atomic mass is 35.5. The molecule has 1 aromatic heterocycles. The monoisotopic (exact) mass is 1250 g/mol. The number of hydroxylamine groups is 2. The second kappa shape index (κ2) is 71.7. The Balaban J connectivity index is -0.000000106. The van der Waals surface area contributed by atoms with Crippen LogP contribution in [0.25, 0.3) is 0 Å². The predicted octanol–water partition coefficient (Wildman–Crippen LogP) is 8.64. The number of likely N-dealkylation sites (N-methyl/N-ethyl adjacent to an activating group) is 1. The molecule has 0 radical (unpaired) electrons. The highest BCUT2D eigenvalue weighted by molar-refractivity contribution is 8.00. The Labute approximate surface area is 513 Å². The molecule has 0 saturated carbocycles. The maximum Gasteiger partial charge on any atom is 0.315 e. The summed E-state index contributed by atoms with van der Waals surface area (Å²) in [7, 11) is 10.8. The molecule has 474 valence electrons. The van der Waals surface area contributed by atoms with Gasteiger partial charge in [-0.15, -0.1) is 18.9 Å². The number of esters is 3. The number of nitrogens with zero attached hydrogens (tertiary/aromatic N) is 7. The van der Waals surface area contributed by atoms with Gasteiger partial charge >= 0.3 is 23.9 Å². The van der Waals surface area contributed by atoms with Crippen LogP contribution in [0.2, 0.25) is 10.6 Å². The standard InChI is InChI=1S/C11H18N2O3S.C6H9NO2.C6H7NO.C4H3Cl2N3.C4H6O3.C3H7NO.C3H6O.C3H6.C3H4.C2H3NO.C2H3NS.C2H6O.C2H4O.2C2H6/c1-16-9(14)5-3-2-4-8-10-7(6-17-8)12-11(15)13-10;1-5-3-4-6(8)7(5)9-2;1-5-3-4-6(8)7(5)2;1-2-7-3(5)9-4(6)8-2;1-3(5)7-4(2)6;1-3(5)2-4;1-3-2-4-3;2*1-3-2;2*1-3-2-4;1-3-2;1-2-3;2*1-2/h7-8,10H,2-6H2,1H3,(H2,12,13,15);1,3-4H2,2H3;3-4H,1H2,2H3;1H3;1-2H3;2,4H2,1H3;3H,2H2,1H3;3H,1H2,2H3;1H,2H3;2*1H3;1-2H3;2H,1H3;2*1-2H3/t7?,8-,10+;;;;;;;;;;;;;;/m1............../s1. The third-order valence-electron chi connectivity index (χ3n) is 7.74. The molecule has 0 spiro atoms. The molecule has 4 atom stereocenters. The Kier molecular flexibility index (Phi) is 82.8. The molecule has 5 aliphatic rings. The van der Waals surface area contributed by atoms with Gasteiger partial charge in [-0.25, -0.2) is 29.5 Å². The van der Waals surface area contributed by atoms with Crippen molar-refractivity contribution in [2.24, 2.45) is 15.7 Å². The minimum absolute atomic E-state index is 0.00231. The lowest BCUT2D eigenvalue weighted by Gasteiger charge is -2.16. The number of nitrogens with two attached hydrogens (primary N) is 1. The number of hydrogen-bond donors (Lipinski definition) is 3. The van der Waals surface area contributed by atoms with Gasteiger partial charge in [-0.3, -0.25) is 33.6 Å². The van der Waals surface area contributed by atoms with Crippen molar-refractivity contribution < 1.29 is 66.9 Å². The van der Waals surface area contributed by atoms with E-state index in [9.17, 15) is 33.6 Å². The maximum atomic E-state index is 11.2. The molecule has 0 aromatic carbocycles. The Bertz CT molecular complexity index is 2020. The lowest BCUT2D eigenvalue weighted by Crippen LogP contribution is -2.36. The Morgan fingerprint density at radius 2 is 1.37 bits per heavy atom. The fourth-order valence-corrected chi connectivity index (χ4v) is 6.46. The summed E-state index contributed by atoms with van der Waals surface area (Å²) in [6.45, 7) is 32.3. The first-order chi connectivity index (χ1) is 39.1. The molecule has 4 N–H and O–H groups in total. The Morgan fingerprint density at radius 1 is 0.952 bits per heavy atom. The van der Waals surface area contributed by atoms with Crippen LogP contribution in [-0.2, 0) is 62.1 Å². The molecule has 5 aliphatic heterocycles. The van der Waals surface area contributed by atoms with Gasteiger partial charge in [0.1, 0.15) is 17.9 Å². The summed E-state index contributed by atoms with van der Waals surface area (Å²) in [6.07, 6.45) is 16.9. The van der Waals surface area contributed by atoms with E-state index in [0.29, 0.717) is 30.0 Å². The number of urea groups is 1. The van der Waals surface area contributed by atoms with Crippen molar-refractivity contribution in [3.05, 3.63) is 65.8 Å². The number of Topliss-reactive ketones (excluding diaryl/α,β-unsaturated/α-hetero) is 1. The number of carbonyl (C=O) groups is 8. The molecule has 4 saturated heterocycles. The van der Waals surface area contributed by atoms with Crippen LogP contribution >= 0.6 is 47.2 Å². The first kappa shape index (κ1) is 95.8. The number of aromatic nitrogens is 3. The fraction of sp³-hybridized carbons (Fsp3) is 0.582. The topological polar surface area (TPSA) is 323 Å². The van der Waals surface area contributed by atoms with Crippen LogP contribution in [0.1, 0.15) is 121 Å². The number of aliphatic imine (C=N–C) groups is 2. The number of nitrogens with one attached hydrogen (secondary N) is 2. The summed E-state index contributed by atoms with van der Waals surface area (Å²) in [5, 5.41) is 10.0. The van der Waals surface area contributed by atoms with Gasteiger partial charge in [-0.1, -0.05) is 53.3 Å². The molecule has 1 aromatic rings. The molecule has 0 aliphatic carbocycles. The number of aryl methyl sites for hydroxylation is 1. The lowest BCUT2D eigenvalue weighted by atomic mass is 10.0. The van der Waals surface area contributed by atoms with Crippen molar-refractivity contribution in [2.45, 2.75) is 145 Å². The van der Waals surface area contributed by atoms with Gasteiger partial charge in [-0.2, -0.15) is 21.8 Å². The zero-order valence-corrected chi connectivity index (χ0v) is 55.3. The average Bonchev–Trinajstić information content (AvgIpc) is 3.76. The van der Waals surface area contributed by atoms with Crippen molar-refractivity contribution in [1.29, 1.82) is 0 Å². The number of isocyanates is 1. The average molecular weight is 1250 g/mol. The largest absolute Gasteiger partial charge is 0.469 e. The SMILES string of the molecule is C#CC.C=C1C=CC(=O)N1C.C=C1CCC(=O)N1OC.C=CC.CC.CC.CC(=O)CN.CC(=O)OC(C)=O.CC1CO1.CC=O.CN=C=O.CN=C=S.COC.COC(=O)CCCC[C@H]1SCC2NC(=O)N[C@@H]21.Cc1nc(Cl)nc(Cl)n1. The third-order valence-corrected chi connectivity index (χ3v) is 9.77. The van der Waals surface area contributed by atoms with Crippen molar-refractivity contribution in [3.63, 3.8) is 0 Å². The number of fused-ring (bicyclic) bond motifs is 1. The van der Waals surface area contributed by atoms with E-state index in [4.69, 9.17) is 48.1 Å². The number of terminal acetylenes is 1. The number of isothiocyanates is 1. The van der Waals surface area contributed by atoms with E-state index < -0.39 is 11.9 Å². The van der Waals surface area contributed by atoms with Gasteiger partial charge < -0.3 is 45.0 Å². The number of methoxy groups -OCH3 is 2. The van der Waals surface area contributed by atoms with Gasteiger partial charge in [0.25, 0.3) is 11.8 Å². The number of halogens is 2. The van der Waals surface area contributed by atoms with Crippen LogP contribution in [0.4, 0.5) is 4.79 Å². The van der Waals surface area contributed by atoms with E-state index in [2.05, 4.69) is 106 Å². The molecule has 28 heteroatoms. The van der Waals surface area contributed by atoms with E-state index in [1.54, 1.807) is 54.3 Å². The molecular weight excluding hydrogens is 1160 g/mol. The second-order valence-electron chi connectivity index (χ2n) is 14.6. The van der Waals surface area contributed by atoms with Gasteiger partial charge in [-0.05, 0) is 102 Å². The first-order valence-corrected chi connectivity index (χ1v) is 27.5. The summed E-state index contributed by atoms with van der Waals surface area (Å²) in [4.78, 5) is 114. The van der Waals surface area contributed by atoms with E-state index in [1.165, 1.54) is 71.1 Å². The zero-order valence-electron chi connectivity index (χ0n) is 52.2. The summed E-state index contributed by atoms with van der Waals surface area (Å²) < 4.78 is 17.5. The summed E-state index contributed by atoms with van der Waals surface area (Å²) in [5.41, 5.74) is 6.33. The number of allylic oxidation sites excluding steroid dienone is 3. The second-order valence-corrected chi connectivity index (χ2v) is 16.8. The number of thioether (sulfide) groups is 1. The van der Waals surface area contributed by atoms with Crippen LogP contribution in [-0.4, -0.2) is 176 Å². The molecule has 4 fully saturated rings. The number of thiocarbonyl (C=S) groups is 1. The van der Waals surface area contributed by atoms with Gasteiger partial charge in [0.2, 0.25) is 16.6 Å². The smallest absolute Gasteiger partial charge is 0.315 e. The summed E-state index contributed by atoms with van der Waals surface area (Å²) in [5.74, 6) is 2.55. The Morgan fingerprint density at radius 3 is 1.60 bits per heavy atom. The van der Waals surface area contributed by atoms with E-state index in [1.807, 2.05) is 46.4 Å². The Hall–Kier alpha value is -6.36. The predicted molar refractivity (Wildman–Crippen MR) is 334 cm³/mol. The molecule has 24 nitrogen and oxygen atoms in total. The maximum absolute atomic E-state index is 11.2. The summed E-state index contributed by atoms with van der Waals surface area (Å²) in [6, 6.07) is 0.517. The minimum Gasteiger partial charge on any atom is -0.469 e. The summed E-state index contributed by atoms with van der Waals surface area (Å²) >= 11 is 16.9. The number of aldehydes is 1. The van der Waals surface area contributed by atoms with E-state index in [-0.39, 0.29) is 58.8 Å². The van der Waals surface area contributed by atoms with Crippen LogP contribution in [0, 0.1) is 19.3 Å². The van der Waals surface area contributed by atoms with Gasteiger partial charge in [0, 0.05) is 90.5 Å². The van der Waals surface area contributed by atoms with Crippen molar-refractivity contribution in [1.82, 2.24) is 35.5 Å². The van der Waals surface area contributed by atoms with Crippen LogP contribution in [0.15, 0.2) is 59.3 Å². The molecular formula is C55H94Cl2N10O14S2. The number of unbranched alkanes of at least 4 members (excludes halogenated alkanes) is 1. The van der Waals surface area contributed by atoms with Crippen LogP contribution in [0.3, 0.4) is 0 Å². The number of epoxide rings is 1. The first-order valence-electron chi connectivity index (χ1n) is 25.3. The van der Waals surface area contributed by atoms with Crippen molar-refractivity contribution in [2.75, 3.05) is 68.5 Å². The molecule has 6 rings (SSSR count). The van der Waals surface area contributed by atoms with Crippen LogP contribution < -0.4 is 16.4 Å². The molecule has 6 heterocycles. The number of ether oxygens (including phenoxy) is 4.